The van der Waals surface area contributed by atoms with E-state index in [1.165, 1.54) is 6.07 Å². The second-order valence-corrected chi connectivity index (χ2v) is 4.60. The van der Waals surface area contributed by atoms with Gasteiger partial charge in [0.05, 0.1) is 5.69 Å². The molecule has 0 spiro atoms. The van der Waals surface area contributed by atoms with Crippen LogP contribution >= 0.6 is 0 Å². The molecule has 6 nitrogen and oxygen atoms in total. The largest absolute Gasteiger partial charge is 0.477 e. The molecule has 6 heteroatoms. The van der Waals surface area contributed by atoms with E-state index >= 15 is 0 Å². The Labute approximate surface area is 112 Å². The van der Waals surface area contributed by atoms with E-state index in [-0.39, 0.29) is 5.69 Å². The Morgan fingerprint density at radius 3 is 2.53 bits per heavy atom. The van der Waals surface area contributed by atoms with Crippen LogP contribution in [0.25, 0.3) is 0 Å². The van der Waals surface area contributed by atoms with Gasteiger partial charge in [0.25, 0.3) is 0 Å². The van der Waals surface area contributed by atoms with Gasteiger partial charge in [0.15, 0.2) is 0 Å². The van der Waals surface area contributed by atoms with Crippen LogP contribution in [0.15, 0.2) is 18.2 Å². The van der Waals surface area contributed by atoms with Gasteiger partial charge < -0.3 is 15.7 Å². The van der Waals surface area contributed by atoms with Crippen LogP contribution in [0.4, 0.5) is 0 Å². The summed E-state index contributed by atoms with van der Waals surface area (Å²) in [4.78, 5) is 17.3. The van der Waals surface area contributed by atoms with E-state index in [9.17, 15) is 4.79 Å². The molecular weight excluding hydrogens is 244 g/mol. The molecular formula is C13H20N4O2. The van der Waals surface area contributed by atoms with E-state index in [0.717, 1.165) is 45.0 Å². The first kappa shape index (κ1) is 13.9. The summed E-state index contributed by atoms with van der Waals surface area (Å²) >= 11 is 0. The zero-order valence-electron chi connectivity index (χ0n) is 10.9. The number of hydrogen-bond acceptors (Lipinski definition) is 5. The van der Waals surface area contributed by atoms with Gasteiger partial charge in [-0.15, -0.1) is 0 Å². The highest BCUT2D eigenvalue weighted by Crippen LogP contribution is 2.04. The lowest BCUT2D eigenvalue weighted by atomic mass is 10.2. The Morgan fingerprint density at radius 2 is 1.89 bits per heavy atom. The predicted molar refractivity (Wildman–Crippen MR) is 72.2 cm³/mol. The zero-order valence-corrected chi connectivity index (χ0v) is 10.9. The van der Waals surface area contributed by atoms with Gasteiger partial charge in [-0.2, -0.15) is 0 Å². The third-order valence-electron chi connectivity index (χ3n) is 3.10. The average molecular weight is 264 g/mol. The monoisotopic (exact) mass is 264 g/mol. The smallest absolute Gasteiger partial charge is 0.354 e. The molecule has 1 aliphatic rings. The van der Waals surface area contributed by atoms with Gasteiger partial charge in [0.2, 0.25) is 0 Å². The van der Waals surface area contributed by atoms with Crippen molar-refractivity contribution in [3.05, 3.63) is 29.6 Å². The summed E-state index contributed by atoms with van der Waals surface area (Å²) in [5, 5.41) is 15.6. The first-order chi connectivity index (χ1) is 9.25. The van der Waals surface area contributed by atoms with Gasteiger partial charge in [-0.1, -0.05) is 6.07 Å². The number of pyridine rings is 1. The normalized spacial score (nSPS) is 18.3. The molecule has 1 aromatic heterocycles. The molecule has 19 heavy (non-hydrogen) atoms. The maximum absolute atomic E-state index is 10.9. The molecule has 1 saturated heterocycles. The first-order valence-corrected chi connectivity index (χ1v) is 6.59. The van der Waals surface area contributed by atoms with Crippen molar-refractivity contribution in [1.82, 2.24) is 20.5 Å². The van der Waals surface area contributed by atoms with E-state index in [1.807, 2.05) is 6.07 Å². The van der Waals surface area contributed by atoms with Crippen LogP contribution in [-0.2, 0) is 6.54 Å². The Balaban J connectivity index is 1.97. The minimum absolute atomic E-state index is 0.109. The topological polar surface area (TPSA) is 77.5 Å². The quantitative estimate of drug-likeness (QED) is 0.700. The van der Waals surface area contributed by atoms with Crippen LogP contribution in [0.5, 0.6) is 0 Å². The van der Waals surface area contributed by atoms with Crippen molar-refractivity contribution in [3.63, 3.8) is 0 Å². The molecule has 0 radical (unpaired) electrons. The van der Waals surface area contributed by atoms with Gasteiger partial charge >= 0.3 is 5.97 Å². The number of nitrogens with zero attached hydrogens (tertiary/aromatic N) is 2. The number of carboxylic acids is 1. The number of carboxylic acid groups (broad SMARTS) is 1. The fourth-order valence-corrected chi connectivity index (χ4v) is 2.09. The van der Waals surface area contributed by atoms with E-state index in [4.69, 9.17) is 5.11 Å². The molecule has 3 N–H and O–H groups in total. The van der Waals surface area contributed by atoms with Gasteiger partial charge in [0.1, 0.15) is 5.69 Å². The standard InChI is InChI=1S/C13H20N4O2/c18-13(19)12-3-1-2-11(16-12)10-17-8-6-14-4-5-15-7-9-17/h1-3,14-15H,4-10H2,(H,18,19). The maximum atomic E-state index is 10.9. The molecule has 0 saturated carbocycles. The second-order valence-electron chi connectivity index (χ2n) is 4.60. The van der Waals surface area contributed by atoms with Gasteiger partial charge in [-0.3, -0.25) is 4.90 Å². The van der Waals surface area contributed by atoms with E-state index < -0.39 is 5.97 Å². The highest BCUT2D eigenvalue weighted by molar-refractivity contribution is 5.85. The highest BCUT2D eigenvalue weighted by atomic mass is 16.4. The average Bonchev–Trinajstić information content (AvgIpc) is 2.53. The minimum Gasteiger partial charge on any atom is -0.477 e. The summed E-state index contributed by atoms with van der Waals surface area (Å²) in [6.45, 7) is 6.44. The van der Waals surface area contributed by atoms with Crippen molar-refractivity contribution in [3.8, 4) is 0 Å². The molecule has 0 unspecified atom stereocenters. The third kappa shape index (κ3) is 4.59. The van der Waals surface area contributed by atoms with Crippen molar-refractivity contribution >= 4 is 5.97 Å². The molecule has 0 amide bonds. The fraction of sp³-hybridized carbons (Fsp3) is 0.538. The number of nitrogens with one attached hydrogen (secondary N) is 2. The molecule has 2 rings (SSSR count). The van der Waals surface area contributed by atoms with E-state index in [1.54, 1.807) is 6.07 Å². The summed E-state index contributed by atoms with van der Waals surface area (Å²) in [6, 6.07) is 5.14. The SMILES string of the molecule is O=C(O)c1cccc(CN2CCNCCNCC2)n1. The van der Waals surface area contributed by atoms with Crippen molar-refractivity contribution in [2.24, 2.45) is 0 Å². The summed E-state index contributed by atoms with van der Waals surface area (Å²) < 4.78 is 0. The van der Waals surface area contributed by atoms with Crippen LogP contribution < -0.4 is 10.6 Å². The summed E-state index contributed by atoms with van der Waals surface area (Å²) in [7, 11) is 0. The molecule has 1 fully saturated rings. The summed E-state index contributed by atoms with van der Waals surface area (Å²) in [5.41, 5.74) is 0.914. The van der Waals surface area contributed by atoms with Gasteiger partial charge in [-0.25, -0.2) is 9.78 Å². The predicted octanol–water partition coefficient (Wildman–Crippen LogP) is -0.225. The lowest BCUT2D eigenvalue weighted by molar-refractivity contribution is 0.0690. The van der Waals surface area contributed by atoms with Crippen LogP contribution in [0.1, 0.15) is 16.2 Å². The molecule has 0 aliphatic carbocycles. The Kier molecular flexibility index (Phi) is 5.26. The van der Waals surface area contributed by atoms with Crippen molar-refractivity contribution in [1.29, 1.82) is 0 Å². The molecule has 1 aliphatic heterocycles. The molecule has 0 atom stereocenters. The zero-order chi connectivity index (χ0) is 13.5. The Morgan fingerprint density at radius 1 is 1.21 bits per heavy atom. The maximum Gasteiger partial charge on any atom is 0.354 e. The molecule has 0 bridgehead atoms. The lowest BCUT2D eigenvalue weighted by Crippen LogP contribution is -2.33. The third-order valence-corrected chi connectivity index (χ3v) is 3.10. The summed E-state index contributed by atoms with van der Waals surface area (Å²) in [5.74, 6) is -0.977. The fourth-order valence-electron chi connectivity index (χ4n) is 2.09. The number of carbonyl (C=O) groups is 1. The first-order valence-electron chi connectivity index (χ1n) is 6.59. The van der Waals surface area contributed by atoms with Crippen molar-refractivity contribution in [2.75, 3.05) is 39.3 Å². The molecule has 1 aromatic rings. The minimum atomic E-state index is -0.977. The molecule has 0 aromatic carbocycles. The van der Waals surface area contributed by atoms with E-state index in [2.05, 4.69) is 20.5 Å². The lowest BCUT2D eigenvalue weighted by Gasteiger charge is -2.21. The molecule has 104 valence electrons. The van der Waals surface area contributed by atoms with Crippen molar-refractivity contribution < 1.29 is 9.90 Å². The van der Waals surface area contributed by atoms with Crippen LogP contribution in [0.3, 0.4) is 0 Å². The van der Waals surface area contributed by atoms with Gasteiger partial charge in [-0.05, 0) is 12.1 Å². The molecule has 2 heterocycles. The Hall–Kier alpha value is -1.50. The van der Waals surface area contributed by atoms with Gasteiger partial charge in [0, 0.05) is 45.8 Å². The second kappa shape index (κ2) is 7.18. The van der Waals surface area contributed by atoms with Crippen LogP contribution in [0, 0.1) is 0 Å². The summed E-state index contributed by atoms with van der Waals surface area (Å²) in [6.07, 6.45) is 0. The Bertz CT molecular complexity index is 415. The van der Waals surface area contributed by atoms with E-state index in [0.29, 0.717) is 6.54 Å². The van der Waals surface area contributed by atoms with Crippen LogP contribution in [0.2, 0.25) is 0 Å². The number of aromatic carboxylic acids is 1. The number of rotatable bonds is 3. The van der Waals surface area contributed by atoms with Crippen LogP contribution in [-0.4, -0.2) is 60.2 Å². The number of aromatic nitrogens is 1. The number of hydrogen-bond donors (Lipinski definition) is 3. The highest BCUT2D eigenvalue weighted by Gasteiger charge is 2.10. The van der Waals surface area contributed by atoms with Crippen molar-refractivity contribution in [2.45, 2.75) is 6.54 Å².